The Kier molecular flexibility index (Phi) is 9.75. The van der Waals surface area contributed by atoms with E-state index in [0.717, 1.165) is 51.1 Å². The lowest BCUT2D eigenvalue weighted by molar-refractivity contribution is 0.0753. The van der Waals surface area contributed by atoms with E-state index < -0.39 is 0 Å². The fourth-order valence-electron chi connectivity index (χ4n) is 4.86. The van der Waals surface area contributed by atoms with E-state index in [9.17, 15) is 4.79 Å². The highest BCUT2D eigenvalue weighted by molar-refractivity contribution is 6.07. The summed E-state index contributed by atoms with van der Waals surface area (Å²) in [7, 11) is 0. The first-order chi connectivity index (χ1) is 17.3. The van der Waals surface area contributed by atoms with Crippen LogP contribution < -0.4 is 4.90 Å². The van der Waals surface area contributed by atoms with Gasteiger partial charge < -0.3 is 14.8 Å². The number of fused-ring (bicyclic) bond motifs is 2. The van der Waals surface area contributed by atoms with Gasteiger partial charge in [-0.1, -0.05) is 48.5 Å². The van der Waals surface area contributed by atoms with Crippen molar-refractivity contribution in [3.63, 3.8) is 0 Å². The standard InChI is InChI=1S/C29H25N5O.3ClH/c35-29(26-9-5-7-21-6-1-2-8-25(21)26)34-15-14-33(19-24-17-30-20-32-24)28-12-11-22(16-23(28)18-34)27-10-3-4-13-31-27;;;/h1-13,16-17,20H,14-15,18-19H2,(H,30,32);3*1H. The molecule has 1 aliphatic heterocycles. The molecule has 0 fully saturated rings. The zero-order chi connectivity index (χ0) is 23.6. The van der Waals surface area contributed by atoms with Crippen LogP contribution in [0.3, 0.4) is 0 Å². The summed E-state index contributed by atoms with van der Waals surface area (Å²) in [4.78, 5) is 30.0. The van der Waals surface area contributed by atoms with Crippen molar-refractivity contribution in [2.75, 3.05) is 18.0 Å². The number of benzene rings is 3. The lowest BCUT2D eigenvalue weighted by atomic mass is 10.0. The highest BCUT2D eigenvalue weighted by atomic mass is 35.5. The quantitative estimate of drug-likeness (QED) is 0.267. The number of hydrogen-bond donors (Lipinski definition) is 1. The molecular weight excluding hydrogens is 541 g/mol. The largest absolute Gasteiger partial charge is 0.364 e. The van der Waals surface area contributed by atoms with Crippen molar-refractivity contribution in [3.05, 3.63) is 114 Å². The number of halogens is 3. The van der Waals surface area contributed by atoms with Gasteiger partial charge in [0.2, 0.25) is 0 Å². The second kappa shape index (κ2) is 12.8. The van der Waals surface area contributed by atoms with Gasteiger partial charge >= 0.3 is 0 Å². The molecule has 1 amide bonds. The van der Waals surface area contributed by atoms with Crippen LogP contribution in [0.1, 0.15) is 21.6 Å². The van der Waals surface area contributed by atoms with Gasteiger partial charge in [-0.05, 0) is 46.7 Å². The first kappa shape index (κ1) is 29.0. The maximum atomic E-state index is 13.8. The van der Waals surface area contributed by atoms with Crippen LogP contribution in [0.25, 0.3) is 22.0 Å². The Bertz CT molecular complexity index is 1490. The van der Waals surface area contributed by atoms with Crippen LogP contribution in [-0.4, -0.2) is 38.8 Å². The van der Waals surface area contributed by atoms with E-state index in [0.29, 0.717) is 19.6 Å². The van der Waals surface area contributed by atoms with E-state index in [1.807, 2.05) is 65.8 Å². The molecule has 0 unspecified atom stereocenters. The lowest BCUT2D eigenvalue weighted by Crippen LogP contribution is -2.35. The number of aromatic nitrogens is 3. The fraction of sp³-hybridized carbons (Fsp3) is 0.138. The van der Waals surface area contributed by atoms with Crippen LogP contribution in [0, 0.1) is 0 Å². The summed E-state index contributed by atoms with van der Waals surface area (Å²) in [5.74, 6) is 0.0550. The Morgan fingerprint density at radius 3 is 2.50 bits per heavy atom. The van der Waals surface area contributed by atoms with Gasteiger partial charge in [-0.3, -0.25) is 9.78 Å². The van der Waals surface area contributed by atoms with Crippen LogP contribution in [-0.2, 0) is 13.1 Å². The molecule has 196 valence electrons. The van der Waals surface area contributed by atoms with Crippen molar-refractivity contribution >= 4 is 59.6 Å². The van der Waals surface area contributed by atoms with E-state index in [2.05, 4.69) is 50.2 Å². The Balaban J connectivity index is 0.00000133. The molecule has 0 saturated heterocycles. The van der Waals surface area contributed by atoms with Crippen LogP contribution >= 0.6 is 37.2 Å². The van der Waals surface area contributed by atoms with Crippen molar-refractivity contribution < 1.29 is 4.79 Å². The summed E-state index contributed by atoms with van der Waals surface area (Å²) in [5.41, 5.74) is 5.99. The summed E-state index contributed by atoms with van der Waals surface area (Å²) < 4.78 is 0. The molecule has 0 spiro atoms. The zero-order valence-electron chi connectivity index (χ0n) is 20.5. The predicted octanol–water partition coefficient (Wildman–Crippen LogP) is 6.55. The molecule has 0 atom stereocenters. The Hall–Kier alpha value is -3.58. The number of imidazole rings is 1. The molecule has 2 aromatic heterocycles. The number of nitrogens with zero attached hydrogens (tertiary/aromatic N) is 4. The molecule has 3 aromatic carbocycles. The molecule has 0 bridgehead atoms. The van der Waals surface area contributed by atoms with Crippen molar-refractivity contribution in [2.45, 2.75) is 13.1 Å². The summed E-state index contributed by atoms with van der Waals surface area (Å²) in [6.45, 7) is 2.60. The second-order valence-electron chi connectivity index (χ2n) is 8.81. The van der Waals surface area contributed by atoms with Crippen molar-refractivity contribution in [1.82, 2.24) is 19.9 Å². The summed E-state index contributed by atoms with van der Waals surface area (Å²) in [5, 5.41) is 2.06. The first-order valence-corrected chi connectivity index (χ1v) is 11.8. The average molecular weight is 569 g/mol. The average Bonchev–Trinajstić information content (AvgIpc) is 3.36. The third-order valence-corrected chi connectivity index (χ3v) is 6.61. The minimum absolute atomic E-state index is 0. The normalized spacial score (nSPS) is 12.4. The molecule has 9 heteroatoms. The van der Waals surface area contributed by atoms with E-state index >= 15 is 0 Å². The third-order valence-electron chi connectivity index (χ3n) is 6.61. The van der Waals surface area contributed by atoms with Gasteiger partial charge in [-0.2, -0.15) is 0 Å². The highest BCUT2D eigenvalue weighted by Gasteiger charge is 2.25. The van der Waals surface area contributed by atoms with Crippen molar-refractivity contribution in [1.29, 1.82) is 0 Å². The van der Waals surface area contributed by atoms with Gasteiger partial charge in [0.05, 0.1) is 24.3 Å². The maximum absolute atomic E-state index is 13.8. The number of aromatic amines is 1. The van der Waals surface area contributed by atoms with E-state index in [1.165, 1.54) is 0 Å². The lowest BCUT2D eigenvalue weighted by Gasteiger charge is -2.24. The Morgan fingerprint density at radius 2 is 1.71 bits per heavy atom. The van der Waals surface area contributed by atoms with E-state index in [4.69, 9.17) is 0 Å². The van der Waals surface area contributed by atoms with Crippen molar-refractivity contribution in [3.8, 4) is 11.3 Å². The molecule has 1 N–H and O–H groups in total. The van der Waals surface area contributed by atoms with E-state index in [-0.39, 0.29) is 43.1 Å². The van der Waals surface area contributed by atoms with Crippen molar-refractivity contribution in [2.24, 2.45) is 0 Å². The Morgan fingerprint density at radius 1 is 0.895 bits per heavy atom. The molecule has 6 nitrogen and oxygen atoms in total. The number of amides is 1. The summed E-state index contributed by atoms with van der Waals surface area (Å²) >= 11 is 0. The van der Waals surface area contributed by atoms with Crippen LogP contribution in [0.15, 0.2) is 97.6 Å². The third kappa shape index (κ3) is 5.78. The smallest absolute Gasteiger partial charge is 0.254 e. The minimum Gasteiger partial charge on any atom is -0.364 e. The number of H-pyrrole nitrogens is 1. The molecule has 0 saturated carbocycles. The summed E-state index contributed by atoms with van der Waals surface area (Å²) in [6.07, 6.45) is 5.36. The maximum Gasteiger partial charge on any atom is 0.254 e. The van der Waals surface area contributed by atoms with Gasteiger partial charge in [-0.25, -0.2) is 4.98 Å². The van der Waals surface area contributed by atoms with Gasteiger partial charge in [0.15, 0.2) is 0 Å². The van der Waals surface area contributed by atoms with Gasteiger partial charge in [0, 0.05) is 48.8 Å². The topological polar surface area (TPSA) is 65.1 Å². The van der Waals surface area contributed by atoms with Crippen LogP contribution in [0.2, 0.25) is 0 Å². The second-order valence-corrected chi connectivity index (χ2v) is 8.81. The monoisotopic (exact) mass is 567 g/mol. The van der Waals surface area contributed by atoms with E-state index in [1.54, 1.807) is 6.33 Å². The number of anilines is 1. The molecule has 3 heterocycles. The first-order valence-electron chi connectivity index (χ1n) is 11.8. The number of rotatable bonds is 4. The number of carbonyl (C=O) groups excluding carboxylic acids is 1. The van der Waals surface area contributed by atoms with Gasteiger partial charge in [-0.15, -0.1) is 37.2 Å². The predicted molar refractivity (Wildman–Crippen MR) is 160 cm³/mol. The molecule has 0 aliphatic carbocycles. The number of carbonyl (C=O) groups is 1. The molecule has 0 radical (unpaired) electrons. The fourth-order valence-corrected chi connectivity index (χ4v) is 4.86. The zero-order valence-corrected chi connectivity index (χ0v) is 22.9. The molecular formula is C29H28Cl3N5O. The molecule has 6 rings (SSSR count). The highest BCUT2D eigenvalue weighted by Crippen LogP contribution is 2.32. The number of pyridine rings is 1. The van der Waals surface area contributed by atoms with Crippen LogP contribution in [0.4, 0.5) is 5.69 Å². The van der Waals surface area contributed by atoms with Crippen LogP contribution in [0.5, 0.6) is 0 Å². The molecule has 1 aliphatic rings. The van der Waals surface area contributed by atoms with Gasteiger partial charge in [0.1, 0.15) is 0 Å². The SMILES string of the molecule is Cl.Cl.Cl.O=C(c1cccc2ccccc12)N1CCN(Cc2cnc[nH]2)c2ccc(-c3ccccn3)cc2C1. The minimum atomic E-state index is 0. The summed E-state index contributed by atoms with van der Waals surface area (Å²) in [6, 6.07) is 26.4. The Labute approximate surface area is 240 Å². The van der Waals surface area contributed by atoms with Gasteiger partial charge in [0.25, 0.3) is 5.91 Å². The molecule has 38 heavy (non-hydrogen) atoms. The number of nitrogens with one attached hydrogen (secondary N) is 1. The molecule has 5 aromatic rings. The number of hydrogen-bond acceptors (Lipinski definition) is 4.